The second-order valence-electron chi connectivity index (χ2n) is 6.11. The average Bonchev–Trinajstić information content (AvgIpc) is 2.71. The lowest BCUT2D eigenvalue weighted by molar-refractivity contribution is -0.126. The van der Waals surface area contributed by atoms with E-state index in [0.717, 1.165) is 16.3 Å². The van der Waals surface area contributed by atoms with Crippen molar-refractivity contribution in [2.75, 3.05) is 6.54 Å². The molecule has 0 saturated carbocycles. The Morgan fingerprint density at radius 3 is 2.32 bits per heavy atom. The maximum atomic E-state index is 12.2. The van der Waals surface area contributed by atoms with Gasteiger partial charge in [0.15, 0.2) is 0 Å². The Balaban J connectivity index is 1.48. The maximum Gasteiger partial charge on any atom is 0.273 e. The van der Waals surface area contributed by atoms with Crippen LogP contribution in [0, 0.1) is 0 Å². The number of phenolic OH excluding ortho intramolecular Hbond substituents is 1. The number of carbonyl (C=O) groups is 3. The highest BCUT2D eigenvalue weighted by atomic mass is 16.3. The first-order valence-corrected chi connectivity index (χ1v) is 8.65. The number of benzene rings is 3. The zero-order valence-corrected chi connectivity index (χ0v) is 14.9. The van der Waals surface area contributed by atoms with E-state index in [1.165, 1.54) is 12.1 Å². The summed E-state index contributed by atoms with van der Waals surface area (Å²) >= 11 is 0. The molecule has 142 valence electrons. The molecule has 0 heterocycles. The van der Waals surface area contributed by atoms with Crippen LogP contribution in [0.1, 0.15) is 15.9 Å². The van der Waals surface area contributed by atoms with Crippen molar-refractivity contribution in [3.63, 3.8) is 0 Å². The molecule has 0 aliphatic rings. The minimum Gasteiger partial charge on any atom is -0.507 e. The van der Waals surface area contributed by atoms with Gasteiger partial charge in [0.25, 0.3) is 11.8 Å². The number of para-hydroxylation sites is 1. The summed E-state index contributed by atoms with van der Waals surface area (Å²) in [5.41, 5.74) is 5.28. The zero-order chi connectivity index (χ0) is 19.9. The number of hydrogen-bond donors (Lipinski definition) is 4. The van der Waals surface area contributed by atoms with E-state index in [2.05, 4.69) is 16.2 Å². The van der Waals surface area contributed by atoms with Crippen LogP contribution in [0.5, 0.6) is 5.75 Å². The highest BCUT2D eigenvalue weighted by Gasteiger charge is 2.12. The lowest BCUT2D eigenvalue weighted by Crippen LogP contribution is -2.46. The topological polar surface area (TPSA) is 108 Å². The number of fused-ring (bicyclic) bond motifs is 1. The van der Waals surface area contributed by atoms with Crippen LogP contribution < -0.4 is 16.2 Å². The molecule has 3 aromatic carbocycles. The zero-order valence-electron chi connectivity index (χ0n) is 14.9. The Morgan fingerprint density at radius 1 is 0.786 bits per heavy atom. The van der Waals surface area contributed by atoms with Crippen molar-refractivity contribution < 1.29 is 19.5 Å². The Kier molecular flexibility index (Phi) is 5.86. The minimum absolute atomic E-state index is 0.0304. The minimum atomic E-state index is -0.659. The molecule has 0 saturated heterocycles. The summed E-state index contributed by atoms with van der Waals surface area (Å²) in [4.78, 5) is 35.9. The van der Waals surface area contributed by atoms with Crippen LogP contribution in [0.4, 0.5) is 0 Å². The molecule has 4 N–H and O–H groups in total. The van der Waals surface area contributed by atoms with Crippen molar-refractivity contribution in [3.8, 4) is 5.75 Å². The van der Waals surface area contributed by atoms with E-state index in [0.29, 0.717) is 0 Å². The van der Waals surface area contributed by atoms with E-state index in [9.17, 15) is 19.5 Å². The number of nitrogens with one attached hydrogen (secondary N) is 3. The van der Waals surface area contributed by atoms with E-state index >= 15 is 0 Å². The smallest absolute Gasteiger partial charge is 0.273 e. The lowest BCUT2D eigenvalue weighted by Gasteiger charge is -2.10. The van der Waals surface area contributed by atoms with Crippen molar-refractivity contribution in [2.24, 2.45) is 0 Å². The third-order valence-electron chi connectivity index (χ3n) is 4.14. The number of aromatic hydroxyl groups is 1. The number of rotatable bonds is 5. The van der Waals surface area contributed by atoms with Crippen molar-refractivity contribution in [2.45, 2.75) is 6.42 Å². The molecule has 0 bridgehead atoms. The van der Waals surface area contributed by atoms with Crippen LogP contribution in [0.15, 0.2) is 66.7 Å². The van der Waals surface area contributed by atoms with Gasteiger partial charge in [0, 0.05) is 0 Å². The second kappa shape index (κ2) is 8.68. The number of amides is 3. The van der Waals surface area contributed by atoms with Crippen LogP contribution in [0.25, 0.3) is 10.8 Å². The summed E-state index contributed by atoms with van der Waals surface area (Å²) in [6.07, 6.45) is 0.138. The van der Waals surface area contributed by atoms with Gasteiger partial charge in [0.2, 0.25) is 5.91 Å². The van der Waals surface area contributed by atoms with Gasteiger partial charge in [0.05, 0.1) is 18.5 Å². The van der Waals surface area contributed by atoms with E-state index < -0.39 is 11.8 Å². The Morgan fingerprint density at radius 2 is 1.50 bits per heavy atom. The van der Waals surface area contributed by atoms with Crippen LogP contribution in [-0.2, 0) is 16.0 Å². The third-order valence-corrected chi connectivity index (χ3v) is 4.14. The molecule has 3 rings (SSSR count). The molecule has 0 atom stereocenters. The van der Waals surface area contributed by atoms with Crippen molar-refractivity contribution >= 4 is 28.5 Å². The summed E-state index contributed by atoms with van der Waals surface area (Å²) in [6.45, 7) is -0.287. The monoisotopic (exact) mass is 377 g/mol. The number of phenols is 1. The van der Waals surface area contributed by atoms with Crippen molar-refractivity contribution in [3.05, 3.63) is 77.9 Å². The molecule has 7 heteroatoms. The van der Waals surface area contributed by atoms with Gasteiger partial charge in [-0.3, -0.25) is 25.2 Å². The highest BCUT2D eigenvalue weighted by molar-refractivity contribution is 5.98. The molecule has 3 aromatic rings. The van der Waals surface area contributed by atoms with E-state index in [4.69, 9.17) is 0 Å². The Hall–Kier alpha value is -3.87. The molecule has 0 radical (unpaired) electrons. The summed E-state index contributed by atoms with van der Waals surface area (Å²) in [5.74, 6) is -1.75. The van der Waals surface area contributed by atoms with Gasteiger partial charge in [-0.05, 0) is 28.5 Å². The van der Waals surface area contributed by atoms with E-state index in [1.807, 2.05) is 42.5 Å². The average molecular weight is 377 g/mol. The highest BCUT2D eigenvalue weighted by Crippen LogP contribution is 2.18. The first kappa shape index (κ1) is 18.9. The standard InChI is InChI=1S/C21H19N3O4/c25-18-11-4-3-10-17(18)21(28)24-23-20(27)13-22-19(26)12-15-8-5-7-14-6-1-2-9-16(14)15/h1-11,25H,12-13H2,(H,22,26)(H,23,27)(H,24,28). The number of carbonyl (C=O) groups excluding carboxylic acids is 3. The first-order valence-electron chi connectivity index (χ1n) is 8.65. The molecule has 3 amide bonds. The fourth-order valence-corrected chi connectivity index (χ4v) is 2.76. The maximum absolute atomic E-state index is 12.2. The predicted molar refractivity (Wildman–Crippen MR) is 104 cm³/mol. The van der Waals surface area contributed by atoms with Crippen molar-refractivity contribution in [1.82, 2.24) is 16.2 Å². The molecule has 0 fully saturated rings. The second-order valence-corrected chi connectivity index (χ2v) is 6.11. The normalized spacial score (nSPS) is 10.3. The van der Waals surface area contributed by atoms with Gasteiger partial charge in [0.1, 0.15) is 5.75 Å². The molecule has 0 unspecified atom stereocenters. The number of hydrogen-bond acceptors (Lipinski definition) is 4. The first-order chi connectivity index (χ1) is 13.5. The Bertz CT molecular complexity index is 1030. The summed E-state index contributed by atoms with van der Waals surface area (Å²) in [5, 5.41) is 14.2. The molecule has 7 nitrogen and oxygen atoms in total. The van der Waals surface area contributed by atoms with Crippen LogP contribution in [0.2, 0.25) is 0 Å². The van der Waals surface area contributed by atoms with E-state index in [1.54, 1.807) is 12.1 Å². The summed E-state index contributed by atoms with van der Waals surface area (Å²) in [7, 11) is 0. The largest absolute Gasteiger partial charge is 0.507 e. The molecule has 0 aromatic heterocycles. The Labute approximate surface area is 161 Å². The lowest BCUT2D eigenvalue weighted by atomic mass is 10.0. The van der Waals surface area contributed by atoms with Crippen LogP contribution in [-0.4, -0.2) is 29.4 Å². The fourth-order valence-electron chi connectivity index (χ4n) is 2.76. The SMILES string of the molecule is O=C(Cc1cccc2ccccc12)NCC(=O)NNC(=O)c1ccccc1O. The van der Waals surface area contributed by atoms with Gasteiger partial charge >= 0.3 is 0 Å². The summed E-state index contributed by atoms with van der Waals surface area (Å²) in [6, 6.07) is 19.4. The van der Waals surface area contributed by atoms with Crippen molar-refractivity contribution in [1.29, 1.82) is 0 Å². The third kappa shape index (κ3) is 4.64. The van der Waals surface area contributed by atoms with Gasteiger partial charge in [-0.25, -0.2) is 0 Å². The molecule has 0 aliphatic carbocycles. The molecule has 0 aliphatic heterocycles. The van der Waals surface area contributed by atoms with Crippen LogP contribution in [0.3, 0.4) is 0 Å². The van der Waals surface area contributed by atoms with Gasteiger partial charge in [-0.2, -0.15) is 0 Å². The summed E-state index contributed by atoms with van der Waals surface area (Å²) < 4.78 is 0. The quantitative estimate of drug-likeness (QED) is 0.507. The predicted octanol–water partition coefficient (Wildman–Crippen LogP) is 1.67. The van der Waals surface area contributed by atoms with Gasteiger partial charge < -0.3 is 10.4 Å². The molecule has 0 spiro atoms. The molecule has 28 heavy (non-hydrogen) atoms. The van der Waals surface area contributed by atoms with E-state index in [-0.39, 0.29) is 30.2 Å². The number of hydrazine groups is 1. The van der Waals surface area contributed by atoms with Crippen LogP contribution >= 0.6 is 0 Å². The molecular weight excluding hydrogens is 358 g/mol. The van der Waals surface area contributed by atoms with Gasteiger partial charge in [-0.1, -0.05) is 54.6 Å². The van der Waals surface area contributed by atoms with Gasteiger partial charge in [-0.15, -0.1) is 0 Å². The molecular formula is C21H19N3O4. The fraction of sp³-hybridized carbons (Fsp3) is 0.0952.